The van der Waals surface area contributed by atoms with Gasteiger partial charge in [0.1, 0.15) is 0 Å². The van der Waals surface area contributed by atoms with E-state index in [0.29, 0.717) is 6.04 Å². The van der Waals surface area contributed by atoms with Crippen molar-refractivity contribution in [1.29, 1.82) is 0 Å². The zero-order valence-corrected chi connectivity index (χ0v) is 9.39. The fourth-order valence-electron chi connectivity index (χ4n) is 1.18. The SMILES string of the molecule is Cc1cccc(N(C)C(C)C)c1Cl. The second-order valence-corrected chi connectivity index (χ2v) is 3.99. The lowest BCUT2D eigenvalue weighted by Crippen LogP contribution is -2.25. The topological polar surface area (TPSA) is 3.24 Å². The summed E-state index contributed by atoms with van der Waals surface area (Å²) >= 11 is 6.19. The van der Waals surface area contributed by atoms with E-state index in [0.717, 1.165) is 16.3 Å². The summed E-state index contributed by atoms with van der Waals surface area (Å²) in [4.78, 5) is 2.18. The van der Waals surface area contributed by atoms with Crippen molar-refractivity contribution in [2.24, 2.45) is 0 Å². The fourth-order valence-corrected chi connectivity index (χ4v) is 1.44. The average Bonchev–Trinajstić information content (AvgIpc) is 2.08. The Balaban J connectivity index is 3.07. The predicted octanol–water partition coefficient (Wildman–Crippen LogP) is 3.49. The molecule has 0 bridgehead atoms. The minimum absolute atomic E-state index is 0.472. The largest absolute Gasteiger partial charge is 0.371 e. The van der Waals surface area contributed by atoms with Crippen LogP contribution >= 0.6 is 11.6 Å². The highest BCUT2D eigenvalue weighted by Crippen LogP contribution is 2.28. The number of hydrogen-bond donors (Lipinski definition) is 0. The molecule has 0 saturated heterocycles. The normalized spacial score (nSPS) is 10.6. The van der Waals surface area contributed by atoms with Crippen LogP contribution in [0.3, 0.4) is 0 Å². The number of halogens is 1. The summed E-state index contributed by atoms with van der Waals surface area (Å²) in [5, 5.41) is 0.860. The van der Waals surface area contributed by atoms with Crippen LogP contribution in [0.4, 0.5) is 5.69 Å². The maximum Gasteiger partial charge on any atom is 0.0668 e. The van der Waals surface area contributed by atoms with Crippen LogP contribution < -0.4 is 4.90 Å². The van der Waals surface area contributed by atoms with Crippen LogP contribution in [0.2, 0.25) is 5.02 Å². The van der Waals surface area contributed by atoms with Gasteiger partial charge in [0.15, 0.2) is 0 Å². The van der Waals surface area contributed by atoms with Crippen molar-refractivity contribution in [2.45, 2.75) is 26.8 Å². The van der Waals surface area contributed by atoms with Gasteiger partial charge in [-0.3, -0.25) is 0 Å². The van der Waals surface area contributed by atoms with E-state index >= 15 is 0 Å². The maximum absolute atomic E-state index is 6.19. The summed E-state index contributed by atoms with van der Waals surface area (Å²) in [5.41, 5.74) is 2.24. The number of anilines is 1. The summed E-state index contributed by atoms with van der Waals surface area (Å²) in [7, 11) is 2.06. The molecule has 0 aliphatic heterocycles. The summed E-state index contributed by atoms with van der Waals surface area (Å²) in [6.45, 7) is 6.33. The Kier molecular flexibility index (Phi) is 3.21. The smallest absolute Gasteiger partial charge is 0.0668 e. The van der Waals surface area contributed by atoms with Crippen molar-refractivity contribution in [2.75, 3.05) is 11.9 Å². The third-order valence-electron chi connectivity index (χ3n) is 2.33. The standard InChI is InChI=1S/C11H16ClN/c1-8(2)13(4)10-7-5-6-9(3)11(10)12/h5-8H,1-4H3. The van der Waals surface area contributed by atoms with Gasteiger partial charge in [-0.2, -0.15) is 0 Å². The van der Waals surface area contributed by atoms with Gasteiger partial charge >= 0.3 is 0 Å². The monoisotopic (exact) mass is 197 g/mol. The van der Waals surface area contributed by atoms with E-state index in [4.69, 9.17) is 11.6 Å². The van der Waals surface area contributed by atoms with Gasteiger partial charge < -0.3 is 4.90 Å². The predicted molar refractivity (Wildman–Crippen MR) is 59.7 cm³/mol. The molecule has 0 aliphatic rings. The van der Waals surface area contributed by atoms with Crippen LogP contribution in [0.25, 0.3) is 0 Å². The summed E-state index contributed by atoms with van der Waals surface area (Å²) in [5.74, 6) is 0. The third-order valence-corrected chi connectivity index (χ3v) is 2.82. The van der Waals surface area contributed by atoms with Crippen LogP contribution in [0.15, 0.2) is 18.2 Å². The second kappa shape index (κ2) is 4.01. The van der Waals surface area contributed by atoms with Crippen LogP contribution in [0.5, 0.6) is 0 Å². The van der Waals surface area contributed by atoms with Gasteiger partial charge in [0.05, 0.1) is 10.7 Å². The Labute approximate surface area is 85.3 Å². The molecular formula is C11H16ClN. The molecule has 1 nitrogen and oxygen atoms in total. The first-order valence-corrected chi connectivity index (χ1v) is 4.89. The first-order chi connectivity index (χ1) is 6.04. The van der Waals surface area contributed by atoms with Crippen LogP contribution in [0, 0.1) is 6.92 Å². The molecule has 1 rings (SSSR count). The number of benzene rings is 1. The first kappa shape index (κ1) is 10.4. The van der Waals surface area contributed by atoms with Crippen LogP contribution in [0.1, 0.15) is 19.4 Å². The minimum atomic E-state index is 0.472. The molecule has 0 spiro atoms. The molecule has 0 aromatic heterocycles. The lowest BCUT2D eigenvalue weighted by Gasteiger charge is -2.25. The summed E-state index contributed by atoms with van der Waals surface area (Å²) < 4.78 is 0. The molecule has 0 radical (unpaired) electrons. The van der Waals surface area contributed by atoms with E-state index in [9.17, 15) is 0 Å². The van der Waals surface area contributed by atoms with Crippen molar-refractivity contribution < 1.29 is 0 Å². The Morgan fingerprint density at radius 3 is 2.46 bits per heavy atom. The number of rotatable bonds is 2. The van der Waals surface area contributed by atoms with Crippen molar-refractivity contribution in [3.05, 3.63) is 28.8 Å². The van der Waals surface area contributed by atoms with Crippen molar-refractivity contribution in [3.8, 4) is 0 Å². The maximum atomic E-state index is 6.19. The lowest BCUT2D eigenvalue weighted by atomic mass is 10.2. The minimum Gasteiger partial charge on any atom is -0.371 e. The van der Waals surface area contributed by atoms with E-state index in [-0.39, 0.29) is 0 Å². The first-order valence-electron chi connectivity index (χ1n) is 4.52. The van der Waals surface area contributed by atoms with Gasteiger partial charge in [0.2, 0.25) is 0 Å². The van der Waals surface area contributed by atoms with Crippen LogP contribution in [-0.2, 0) is 0 Å². The molecular weight excluding hydrogens is 182 g/mol. The molecule has 72 valence electrons. The zero-order valence-electron chi connectivity index (χ0n) is 8.63. The van der Waals surface area contributed by atoms with Crippen molar-refractivity contribution >= 4 is 17.3 Å². The zero-order chi connectivity index (χ0) is 10.0. The summed E-state index contributed by atoms with van der Waals surface area (Å²) in [6, 6.07) is 6.59. The van der Waals surface area contributed by atoms with E-state index < -0.39 is 0 Å². The number of aryl methyl sites for hydroxylation is 1. The summed E-state index contributed by atoms with van der Waals surface area (Å²) in [6.07, 6.45) is 0. The number of hydrogen-bond acceptors (Lipinski definition) is 1. The average molecular weight is 198 g/mol. The van der Waals surface area contributed by atoms with E-state index in [2.05, 4.69) is 31.9 Å². The van der Waals surface area contributed by atoms with E-state index in [1.807, 2.05) is 19.1 Å². The Morgan fingerprint density at radius 2 is 1.92 bits per heavy atom. The van der Waals surface area contributed by atoms with Gasteiger partial charge in [-0.1, -0.05) is 23.7 Å². The van der Waals surface area contributed by atoms with Gasteiger partial charge in [-0.05, 0) is 32.4 Å². The van der Waals surface area contributed by atoms with E-state index in [1.54, 1.807) is 0 Å². The fraction of sp³-hybridized carbons (Fsp3) is 0.455. The van der Waals surface area contributed by atoms with Gasteiger partial charge in [0, 0.05) is 13.1 Å². The molecule has 1 aromatic rings. The highest BCUT2D eigenvalue weighted by atomic mass is 35.5. The van der Waals surface area contributed by atoms with Gasteiger partial charge in [-0.15, -0.1) is 0 Å². The van der Waals surface area contributed by atoms with Gasteiger partial charge in [0.25, 0.3) is 0 Å². The molecule has 0 saturated carbocycles. The number of nitrogens with zero attached hydrogens (tertiary/aromatic N) is 1. The van der Waals surface area contributed by atoms with Crippen LogP contribution in [-0.4, -0.2) is 13.1 Å². The Hall–Kier alpha value is -0.690. The van der Waals surface area contributed by atoms with E-state index in [1.165, 1.54) is 0 Å². The molecule has 0 fully saturated rings. The Bertz CT molecular complexity index is 294. The molecule has 0 amide bonds. The quantitative estimate of drug-likeness (QED) is 0.702. The second-order valence-electron chi connectivity index (χ2n) is 3.61. The molecule has 0 heterocycles. The molecule has 2 heteroatoms. The van der Waals surface area contributed by atoms with Crippen molar-refractivity contribution in [3.63, 3.8) is 0 Å². The Morgan fingerprint density at radius 1 is 1.31 bits per heavy atom. The molecule has 0 unspecified atom stereocenters. The molecule has 1 aromatic carbocycles. The van der Waals surface area contributed by atoms with Crippen molar-refractivity contribution in [1.82, 2.24) is 0 Å². The third kappa shape index (κ3) is 2.16. The molecule has 0 aliphatic carbocycles. The highest BCUT2D eigenvalue weighted by Gasteiger charge is 2.09. The van der Waals surface area contributed by atoms with Gasteiger partial charge in [-0.25, -0.2) is 0 Å². The molecule has 0 N–H and O–H groups in total. The molecule has 13 heavy (non-hydrogen) atoms. The highest BCUT2D eigenvalue weighted by molar-refractivity contribution is 6.34. The lowest BCUT2D eigenvalue weighted by molar-refractivity contribution is 0.754. The molecule has 0 atom stereocenters.